The quantitative estimate of drug-likeness (QED) is 0.669. The molecule has 0 radical (unpaired) electrons. The molecule has 0 aliphatic heterocycles. The molecule has 2 aromatic rings. The standard InChI is InChI=1S/C17H17Cl2FO/c1-21-16-4-2-3-14(17(16)20)10-13(11-18)9-12-5-7-15(19)8-6-12/h2-8,13H,9-11H2,1H3. The molecule has 1 unspecified atom stereocenters. The molecule has 0 aliphatic rings. The van der Waals surface area contributed by atoms with Crippen LogP contribution in [0.4, 0.5) is 4.39 Å². The Morgan fingerprint density at radius 2 is 1.81 bits per heavy atom. The van der Waals surface area contributed by atoms with E-state index in [9.17, 15) is 4.39 Å². The zero-order chi connectivity index (χ0) is 15.2. The van der Waals surface area contributed by atoms with Gasteiger partial charge in [0.1, 0.15) is 0 Å². The lowest BCUT2D eigenvalue weighted by molar-refractivity contribution is 0.382. The molecule has 0 aliphatic carbocycles. The Kier molecular flexibility index (Phi) is 5.89. The lowest BCUT2D eigenvalue weighted by Crippen LogP contribution is -2.11. The summed E-state index contributed by atoms with van der Waals surface area (Å²) in [7, 11) is 1.47. The average Bonchev–Trinajstić information content (AvgIpc) is 2.50. The summed E-state index contributed by atoms with van der Waals surface area (Å²) in [5.74, 6) is 0.604. The molecular weight excluding hydrogens is 310 g/mol. The van der Waals surface area contributed by atoms with Crippen LogP contribution in [0.5, 0.6) is 5.75 Å². The molecule has 21 heavy (non-hydrogen) atoms. The van der Waals surface area contributed by atoms with Crippen molar-refractivity contribution < 1.29 is 9.13 Å². The Morgan fingerprint density at radius 3 is 2.43 bits per heavy atom. The number of alkyl halides is 1. The second kappa shape index (κ2) is 7.67. The first-order valence-electron chi connectivity index (χ1n) is 6.75. The Morgan fingerprint density at radius 1 is 1.10 bits per heavy atom. The molecule has 0 aromatic heterocycles. The third-order valence-corrected chi connectivity index (χ3v) is 4.12. The minimum absolute atomic E-state index is 0.162. The maximum Gasteiger partial charge on any atom is 0.168 e. The van der Waals surface area contributed by atoms with Crippen molar-refractivity contribution in [2.24, 2.45) is 5.92 Å². The molecule has 4 heteroatoms. The van der Waals surface area contributed by atoms with Gasteiger partial charge in [0.2, 0.25) is 0 Å². The summed E-state index contributed by atoms with van der Waals surface area (Å²) in [5, 5.41) is 0.708. The summed E-state index contributed by atoms with van der Waals surface area (Å²) in [6, 6.07) is 12.9. The Hall–Kier alpha value is -1.25. The first-order valence-corrected chi connectivity index (χ1v) is 7.67. The highest BCUT2D eigenvalue weighted by atomic mass is 35.5. The van der Waals surface area contributed by atoms with Crippen molar-refractivity contribution in [1.29, 1.82) is 0 Å². The summed E-state index contributed by atoms with van der Waals surface area (Å²) < 4.78 is 19.2. The summed E-state index contributed by atoms with van der Waals surface area (Å²) in [5.41, 5.74) is 1.78. The Labute approximate surface area is 134 Å². The molecule has 0 spiro atoms. The second-order valence-electron chi connectivity index (χ2n) is 4.99. The minimum Gasteiger partial charge on any atom is -0.494 e. The number of ether oxygens (including phenoxy) is 1. The third kappa shape index (κ3) is 4.36. The summed E-state index contributed by atoms with van der Waals surface area (Å²) >= 11 is 11.9. The average molecular weight is 327 g/mol. The van der Waals surface area contributed by atoms with Crippen LogP contribution < -0.4 is 4.74 Å². The fourth-order valence-corrected chi connectivity index (χ4v) is 2.66. The van der Waals surface area contributed by atoms with Crippen LogP contribution >= 0.6 is 23.2 Å². The molecule has 112 valence electrons. The van der Waals surface area contributed by atoms with Gasteiger partial charge in [-0.15, -0.1) is 11.6 Å². The van der Waals surface area contributed by atoms with Gasteiger partial charge in [0, 0.05) is 10.9 Å². The lowest BCUT2D eigenvalue weighted by atomic mass is 9.93. The van der Waals surface area contributed by atoms with Gasteiger partial charge in [-0.05, 0) is 48.1 Å². The number of rotatable bonds is 6. The lowest BCUT2D eigenvalue weighted by Gasteiger charge is -2.15. The van der Waals surface area contributed by atoms with Crippen LogP contribution in [0.15, 0.2) is 42.5 Å². The van der Waals surface area contributed by atoms with Gasteiger partial charge in [-0.25, -0.2) is 4.39 Å². The third-order valence-electron chi connectivity index (χ3n) is 3.43. The molecule has 0 saturated carbocycles. The Balaban J connectivity index is 2.10. The van der Waals surface area contributed by atoms with Crippen molar-refractivity contribution in [2.75, 3.05) is 13.0 Å². The summed E-state index contributed by atoms with van der Waals surface area (Å²) in [6.07, 6.45) is 1.37. The van der Waals surface area contributed by atoms with Gasteiger partial charge in [-0.1, -0.05) is 35.9 Å². The molecule has 1 nitrogen and oxygen atoms in total. The number of benzene rings is 2. The van der Waals surface area contributed by atoms with E-state index in [0.717, 1.165) is 12.0 Å². The summed E-state index contributed by atoms with van der Waals surface area (Å²) in [6.45, 7) is 0. The zero-order valence-corrected chi connectivity index (χ0v) is 13.3. The van der Waals surface area contributed by atoms with Crippen LogP contribution in [0.1, 0.15) is 11.1 Å². The van der Waals surface area contributed by atoms with Crippen molar-refractivity contribution >= 4 is 23.2 Å². The van der Waals surface area contributed by atoms with E-state index in [4.69, 9.17) is 27.9 Å². The molecule has 0 heterocycles. The van der Waals surface area contributed by atoms with E-state index in [-0.39, 0.29) is 17.5 Å². The van der Waals surface area contributed by atoms with Gasteiger partial charge < -0.3 is 4.74 Å². The van der Waals surface area contributed by atoms with E-state index in [1.54, 1.807) is 18.2 Å². The van der Waals surface area contributed by atoms with Crippen LogP contribution in [0.3, 0.4) is 0 Å². The number of hydrogen-bond acceptors (Lipinski definition) is 1. The molecule has 0 N–H and O–H groups in total. The largest absolute Gasteiger partial charge is 0.494 e. The van der Waals surface area contributed by atoms with Crippen molar-refractivity contribution in [3.8, 4) is 5.75 Å². The van der Waals surface area contributed by atoms with Crippen LogP contribution in [0, 0.1) is 11.7 Å². The van der Waals surface area contributed by atoms with E-state index in [1.165, 1.54) is 7.11 Å². The van der Waals surface area contributed by atoms with E-state index in [2.05, 4.69) is 0 Å². The minimum atomic E-state index is -0.300. The maximum atomic E-state index is 14.2. The molecule has 0 fully saturated rings. The van der Waals surface area contributed by atoms with Gasteiger partial charge in [-0.2, -0.15) is 0 Å². The SMILES string of the molecule is COc1cccc(CC(CCl)Cc2ccc(Cl)cc2)c1F. The van der Waals surface area contributed by atoms with Gasteiger partial charge in [0.25, 0.3) is 0 Å². The van der Waals surface area contributed by atoms with E-state index < -0.39 is 0 Å². The molecule has 0 saturated heterocycles. The molecule has 0 amide bonds. The van der Waals surface area contributed by atoms with Gasteiger partial charge in [0.15, 0.2) is 11.6 Å². The highest BCUT2D eigenvalue weighted by molar-refractivity contribution is 6.30. The molecular formula is C17H17Cl2FO. The summed E-state index contributed by atoms with van der Waals surface area (Å²) in [4.78, 5) is 0. The van der Waals surface area contributed by atoms with E-state index >= 15 is 0 Å². The first kappa shape index (κ1) is 16.1. The fourth-order valence-electron chi connectivity index (χ4n) is 2.32. The highest BCUT2D eigenvalue weighted by Crippen LogP contribution is 2.24. The fraction of sp³-hybridized carbons (Fsp3) is 0.294. The monoisotopic (exact) mass is 326 g/mol. The van der Waals surface area contributed by atoms with Crippen molar-refractivity contribution in [1.82, 2.24) is 0 Å². The van der Waals surface area contributed by atoms with Crippen LogP contribution in [0.2, 0.25) is 5.02 Å². The topological polar surface area (TPSA) is 9.23 Å². The zero-order valence-electron chi connectivity index (χ0n) is 11.8. The number of hydrogen-bond donors (Lipinski definition) is 0. The predicted octanol–water partition coefficient (Wildman–Crippen LogP) is 5.13. The van der Waals surface area contributed by atoms with Crippen LogP contribution in [-0.2, 0) is 12.8 Å². The van der Waals surface area contributed by atoms with E-state index in [0.29, 0.717) is 22.9 Å². The molecule has 0 bridgehead atoms. The predicted molar refractivity (Wildman–Crippen MR) is 86.0 cm³/mol. The maximum absolute atomic E-state index is 14.2. The van der Waals surface area contributed by atoms with Crippen molar-refractivity contribution in [3.05, 3.63) is 64.4 Å². The van der Waals surface area contributed by atoms with Gasteiger partial charge >= 0.3 is 0 Å². The molecule has 2 aromatic carbocycles. The van der Waals surface area contributed by atoms with Crippen LogP contribution in [0.25, 0.3) is 0 Å². The second-order valence-corrected chi connectivity index (χ2v) is 5.73. The smallest absolute Gasteiger partial charge is 0.168 e. The number of methoxy groups -OCH3 is 1. The van der Waals surface area contributed by atoms with Crippen LogP contribution in [-0.4, -0.2) is 13.0 Å². The van der Waals surface area contributed by atoms with Gasteiger partial charge in [0.05, 0.1) is 7.11 Å². The number of halogens is 3. The molecule has 1 atom stereocenters. The van der Waals surface area contributed by atoms with Gasteiger partial charge in [-0.3, -0.25) is 0 Å². The van der Waals surface area contributed by atoms with E-state index in [1.807, 2.05) is 24.3 Å². The highest BCUT2D eigenvalue weighted by Gasteiger charge is 2.15. The first-order chi connectivity index (χ1) is 10.1. The van der Waals surface area contributed by atoms with Crippen molar-refractivity contribution in [3.63, 3.8) is 0 Å². The Bertz CT molecular complexity index is 584. The molecule has 2 rings (SSSR count). The van der Waals surface area contributed by atoms with Crippen molar-refractivity contribution in [2.45, 2.75) is 12.8 Å². The normalized spacial score (nSPS) is 12.2.